The Morgan fingerprint density at radius 1 is 1.26 bits per heavy atom. The van der Waals surface area contributed by atoms with Gasteiger partial charge >= 0.3 is 0 Å². The average Bonchev–Trinajstić information content (AvgIpc) is 2.43. The molecule has 0 radical (unpaired) electrons. The van der Waals surface area contributed by atoms with Gasteiger partial charge in [-0.2, -0.15) is 11.8 Å². The van der Waals surface area contributed by atoms with Crippen LogP contribution in [0.5, 0.6) is 0 Å². The van der Waals surface area contributed by atoms with Crippen LogP contribution in [0.1, 0.15) is 17.2 Å². The van der Waals surface area contributed by atoms with E-state index in [2.05, 4.69) is 29.6 Å². The zero-order valence-electron chi connectivity index (χ0n) is 10.8. The fraction of sp³-hybridized carbons (Fsp3) is 0.267. The minimum atomic E-state index is 0.0176. The average molecular weight is 272 g/mol. The van der Waals surface area contributed by atoms with E-state index in [0.717, 1.165) is 17.2 Å². The molecule has 0 bridgehead atoms. The van der Waals surface area contributed by atoms with Gasteiger partial charge in [0.25, 0.3) is 0 Å². The molecule has 1 unspecified atom stereocenters. The summed E-state index contributed by atoms with van der Waals surface area (Å²) in [6, 6.07) is 12.3. The lowest BCUT2D eigenvalue weighted by atomic mass is 10.0. The standard InChI is InChI=1S/C15H16N2OS/c1-17-8-12(6-7-15(17)18)16-14-10-19-9-11-4-2-3-5-13(11)14/h2-8,14,16H,9-10H2,1H3. The van der Waals surface area contributed by atoms with Gasteiger partial charge in [-0.3, -0.25) is 4.79 Å². The summed E-state index contributed by atoms with van der Waals surface area (Å²) >= 11 is 1.94. The van der Waals surface area contributed by atoms with Gasteiger partial charge in [-0.1, -0.05) is 24.3 Å². The molecule has 1 aromatic carbocycles. The summed E-state index contributed by atoms with van der Waals surface area (Å²) < 4.78 is 1.60. The molecule has 1 aromatic heterocycles. The molecule has 0 fully saturated rings. The van der Waals surface area contributed by atoms with Crippen molar-refractivity contribution in [2.45, 2.75) is 11.8 Å². The number of rotatable bonds is 2. The molecule has 0 spiro atoms. The lowest BCUT2D eigenvalue weighted by Gasteiger charge is -2.27. The van der Waals surface area contributed by atoms with Gasteiger partial charge in [0.05, 0.1) is 11.7 Å². The first-order chi connectivity index (χ1) is 9.24. The number of fused-ring (bicyclic) bond motifs is 1. The number of benzene rings is 1. The van der Waals surface area contributed by atoms with Gasteiger partial charge in [0, 0.05) is 30.8 Å². The van der Waals surface area contributed by atoms with Crippen LogP contribution in [0.3, 0.4) is 0 Å². The van der Waals surface area contributed by atoms with Crippen LogP contribution in [0, 0.1) is 0 Å². The Morgan fingerprint density at radius 3 is 2.95 bits per heavy atom. The number of nitrogens with zero attached hydrogens (tertiary/aromatic N) is 1. The maximum absolute atomic E-state index is 11.4. The van der Waals surface area contributed by atoms with Crippen molar-refractivity contribution in [1.82, 2.24) is 4.57 Å². The Bertz CT molecular complexity index is 651. The van der Waals surface area contributed by atoms with Gasteiger partial charge in [-0.05, 0) is 17.2 Å². The second kappa shape index (κ2) is 5.13. The predicted octanol–water partition coefficient (Wildman–Crippen LogP) is 2.79. The van der Waals surface area contributed by atoms with Crippen molar-refractivity contribution in [3.63, 3.8) is 0 Å². The van der Waals surface area contributed by atoms with E-state index >= 15 is 0 Å². The molecule has 1 aliphatic rings. The van der Waals surface area contributed by atoms with E-state index in [-0.39, 0.29) is 5.56 Å². The number of thioether (sulfide) groups is 1. The normalized spacial score (nSPS) is 17.8. The first-order valence-electron chi connectivity index (χ1n) is 6.33. The summed E-state index contributed by atoms with van der Waals surface area (Å²) in [4.78, 5) is 11.4. The molecule has 0 amide bonds. The molecule has 1 N–H and O–H groups in total. The van der Waals surface area contributed by atoms with E-state index < -0.39 is 0 Å². The summed E-state index contributed by atoms with van der Waals surface area (Å²) in [6.45, 7) is 0. The molecule has 0 aliphatic carbocycles. The highest BCUT2D eigenvalue weighted by atomic mass is 32.2. The monoisotopic (exact) mass is 272 g/mol. The summed E-state index contributed by atoms with van der Waals surface area (Å²) in [7, 11) is 1.77. The Labute approximate surface area is 116 Å². The van der Waals surface area contributed by atoms with Crippen molar-refractivity contribution in [3.05, 3.63) is 64.1 Å². The summed E-state index contributed by atoms with van der Waals surface area (Å²) in [5.74, 6) is 2.14. The molecular formula is C15H16N2OS. The van der Waals surface area contributed by atoms with Crippen molar-refractivity contribution < 1.29 is 0 Å². The van der Waals surface area contributed by atoms with Crippen LogP contribution >= 0.6 is 11.8 Å². The molecule has 0 saturated carbocycles. The fourth-order valence-electron chi connectivity index (χ4n) is 2.38. The van der Waals surface area contributed by atoms with E-state index in [1.165, 1.54) is 11.1 Å². The SMILES string of the molecule is Cn1cc(NC2CSCc3ccccc32)ccc1=O. The number of aryl methyl sites for hydroxylation is 1. The molecule has 2 heterocycles. The molecule has 0 saturated heterocycles. The predicted molar refractivity (Wildman–Crippen MR) is 80.7 cm³/mol. The van der Waals surface area contributed by atoms with E-state index in [9.17, 15) is 4.79 Å². The molecule has 1 aliphatic heterocycles. The quantitative estimate of drug-likeness (QED) is 0.913. The molecule has 3 nitrogen and oxygen atoms in total. The molecule has 1 atom stereocenters. The Morgan fingerprint density at radius 2 is 2.11 bits per heavy atom. The molecular weight excluding hydrogens is 256 g/mol. The maximum atomic E-state index is 11.4. The number of anilines is 1. The van der Waals surface area contributed by atoms with Gasteiger partial charge in [-0.15, -0.1) is 0 Å². The van der Waals surface area contributed by atoms with Crippen LogP contribution in [-0.2, 0) is 12.8 Å². The van der Waals surface area contributed by atoms with E-state index in [1.54, 1.807) is 17.7 Å². The van der Waals surface area contributed by atoms with Crippen molar-refractivity contribution in [1.29, 1.82) is 0 Å². The first kappa shape index (κ1) is 12.4. The van der Waals surface area contributed by atoms with Crippen LogP contribution in [0.25, 0.3) is 0 Å². The summed E-state index contributed by atoms with van der Waals surface area (Å²) in [6.07, 6.45) is 1.85. The fourth-order valence-corrected chi connectivity index (χ4v) is 3.48. The Balaban J connectivity index is 1.88. The highest BCUT2D eigenvalue weighted by molar-refractivity contribution is 7.98. The molecule has 19 heavy (non-hydrogen) atoms. The van der Waals surface area contributed by atoms with Gasteiger partial charge < -0.3 is 9.88 Å². The van der Waals surface area contributed by atoms with Crippen LogP contribution in [0.2, 0.25) is 0 Å². The first-order valence-corrected chi connectivity index (χ1v) is 7.48. The topological polar surface area (TPSA) is 34.0 Å². The minimum absolute atomic E-state index is 0.0176. The second-order valence-electron chi connectivity index (χ2n) is 4.78. The third kappa shape index (κ3) is 2.54. The smallest absolute Gasteiger partial charge is 0.250 e. The van der Waals surface area contributed by atoms with Crippen molar-refractivity contribution >= 4 is 17.4 Å². The van der Waals surface area contributed by atoms with Crippen LogP contribution in [-0.4, -0.2) is 10.3 Å². The number of hydrogen-bond donors (Lipinski definition) is 1. The largest absolute Gasteiger partial charge is 0.376 e. The third-order valence-corrected chi connectivity index (χ3v) is 4.48. The number of aromatic nitrogens is 1. The zero-order valence-corrected chi connectivity index (χ0v) is 11.6. The number of pyridine rings is 1. The number of hydrogen-bond acceptors (Lipinski definition) is 3. The van der Waals surface area contributed by atoms with Crippen LogP contribution < -0.4 is 10.9 Å². The van der Waals surface area contributed by atoms with Gasteiger partial charge in [0.1, 0.15) is 0 Å². The molecule has 98 valence electrons. The minimum Gasteiger partial charge on any atom is -0.376 e. The van der Waals surface area contributed by atoms with E-state index in [4.69, 9.17) is 0 Å². The molecule has 3 rings (SSSR count). The lowest BCUT2D eigenvalue weighted by Crippen LogP contribution is -2.21. The summed E-state index contributed by atoms with van der Waals surface area (Å²) in [5.41, 5.74) is 3.78. The van der Waals surface area contributed by atoms with Crippen LogP contribution in [0.4, 0.5) is 5.69 Å². The highest BCUT2D eigenvalue weighted by Gasteiger charge is 2.19. The summed E-state index contributed by atoms with van der Waals surface area (Å²) in [5, 5.41) is 3.52. The van der Waals surface area contributed by atoms with Crippen molar-refractivity contribution in [3.8, 4) is 0 Å². The second-order valence-corrected chi connectivity index (χ2v) is 5.81. The van der Waals surface area contributed by atoms with Crippen molar-refractivity contribution in [2.75, 3.05) is 11.1 Å². The lowest BCUT2D eigenvalue weighted by molar-refractivity contribution is 0.836. The molecule has 2 aromatic rings. The van der Waals surface area contributed by atoms with E-state index in [1.807, 2.05) is 24.0 Å². The van der Waals surface area contributed by atoms with Gasteiger partial charge in [-0.25, -0.2) is 0 Å². The van der Waals surface area contributed by atoms with Gasteiger partial charge in [0.15, 0.2) is 0 Å². The zero-order chi connectivity index (χ0) is 13.2. The van der Waals surface area contributed by atoms with E-state index in [0.29, 0.717) is 6.04 Å². The highest BCUT2D eigenvalue weighted by Crippen LogP contribution is 2.33. The van der Waals surface area contributed by atoms with Crippen LogP contribution in [0.15, 0.2) is 47.4 Å². The molecule has 4 heteroatoms. The third-order valence-electron chi connectivity index (χ3n) is 3.40. The van der Waals surface area contributed by atoms with Gasteiger partial charge in [0.2, 0.25) is 5.56 Å². The maximum Gasteiger partial charge on any atom is 0.250 e. The number of nitrogens with one attached hydrogen (secondary N) is 1. The Hall–Kier alpha value is -1.68. The van der Waals surface area contributed by atoms with Crippen molar-refractivity contribution in [2.24, 2.45) is 7.05 Å². The Kier molecular flexibility index (Phi) is 3.34.